The number of ether oxygens (including phenoxy) is 2. The van der Waals surface area contributed by atoms with Gasteiger partial charge in [-0.1, -0.05) is 13.8 Å². The minimum atomic E-state index is -1.20. The molecule has 3 rings (SSSR count). The van der Waals surface area contributed by atoms with Crippen LogP contribution in [0.1, 0.15) is 65.2 Å². The molecule has 1 N–H and O–H groups in total. The number of esters is 2. The molecule has 0 unspecified atom stereocenters. The van der Waals surface area contributed by atoms with Crippen LogP contribution in [-0.4, -0.2) is 55.5 Å². The molecule has 33 heavy (non-hydrogen) atoms. The van der Waals surface area contributed by atoms with Crippen LogP contribution in [0.25, 0.3) is 0 Å². The van der Waals surface area contributed by atoms with E-state index in [0.29, 0.717) is 19.3 Å². The average molecular weight is 464 g/mol. The first-order chi connectivity index (χ1) is 15.5. The zero-order valence-electron chi connectivity index (χ0n) is 19.7. The van der Waals surface area contributed by atoms with Crippen LogP contribution in [0.15, 0.2) is 0 Å². The number of hydrogen-bond acceptors (Lipinski definition) is 8. The summed E-state index contributed by atoms with van der Waals surface area (Å²) in [5.41, 5.74) is -1.65. The highest BCUT2D eigenvalue weighted by molar-refractivity contribution is 5.99. The standard InChI is InChI=1S/C24H33NO8/c1-23(10-9-19(29)25-15(22(31)33-4)11-20(30)32-3)17(27)7-5-13-14-6-8-18(28)24(14,2)12-16(26)21(13)23/h13-15,21H,5-12H2,1-4H3,(H,25,29)/t13-,14-,15-,21+,23-,24-/m0/s1. The number of nitrogens with one attached hydrogen (secondary N) is 1. The van der Waals surface area contributed by atoms with E-state index in [4.69, 9.17) is 0 Å². The minimum absolute atomic E-state index is 0.0445. The molecule has 6 atom stereocenters. The molecule has 0 bridgehead atoms. The smallest absolute Gasteiger partial charge is 0.328 e. The van der Waals surface area contributed by atoms with Gasteiger partial charge in [0.25, 0.3) is 0 Å². The second kappa shape index (κ2) is 9.35. The Morgan fingerprint density at radius 1 is 1.03 bits per heavy atom. The van der Waals surface area contributed by atoms with E-state index in [9.17, 15) is 28.8 Å². The molecule has 0 heterocycles. The number of Topliss-reactive ketones (excluding diaryl/α,β-unsaturated/α-hetero) is 3. The molecule has 0 aromatic rings. The van der Waals surface area contributed by atoms with Gasteiger partial charge in [0.05, 0.1) is 20.6 Å². The van der Waals surface area contributed by atoms with Crippen molar-refractivity contribution in [1.29, 1.82) is 0 Å². The molecule has 0 spiro atoms. The highest BCUT2D eigenvalue weighted by atomic mass is 16.5. The Balaban J connectivity index is 1.74. The summed E-state index contributed by atoms with van der Waals surface area (Å²) < 4.78 is 9.20. The van der Waals surface area contributed by atoms with E-state index in [2.05, 4.69) is 14.8 Å². The Hall–Kier alpha value is -2.58. The van der Waals surface area contributed by atoms with Crippen molar-refractivity contribution < 1.29 is 38.2 Å². The van der Waals surface area contributed by atoms with Crippen LogP contribution in [0.4, 0.5) is 0 Å². The second-order valence-corrected chi connectivity index (χ2v) is 10.1. The summed E-state index contributed by atoms with van der Waals surface area (Å²) >= 11 is 0. The van der Waals surface area contributed by atoms with Crippen LogP contribution < -0.4 is 5.32 Å². The maximum Gasteiger partial charge on any atom is 0.328 e. The van der Waals surface area contributed by atoms with E-state index in [0.717, 1.165) is 13.5 Å². The fraction of sp³-hybridized carbons (Fsp3) is 0.750. The summed E-state index contributed by atoms with van der Waals surface area (Å²) in [5, 5.41) is 2.48. The summed E-state index contributed by atoms with van der Waals surface area (Å²) in [6.07, 6.45) is 1.96. The first-order valence-electron chi connectivity index (χ1n) is 11.5. The molecule has 0 saturated heterocycles. The Kier molecular flexibility index (Phi) is 7.10. The highest BCUT2D eigenvalue weighted by Gasteiger charge is 2.62. The van der Waals surface area contributed by atoms with E-state index < -0.39 is 40.6 Å². The number of carbonyl (C=O) groups excluding carboxylic acids is 6. The number of carbonyl (C=O) groups is 6. The molecular formula is C24H33NO8. The Morgan fingerprint density at radius 2 is 1.70 bits per heavy atom. The molecule has 1 amide bonds. The molecule has 182 valence electrons. The molecule has 0 aromatic heterocycles. The third kappa shape index (κ3) is 4.46. The first kappa shape index (κ1) is 25.1. The normalized spacial score (nSPS) is 34.2. The third-order valence-corrected chi connectivity index (χ3v) is 8.29. The summed E-state index contributed by atoms with van der Waals surface area (Å²) in [5.74, 6) is -2.42. The number of ketones is 3. The molecule has 3 fully saturated rings. The van der Waals surface area contributed by atoms with Crippen LogP contribution >= 0.6 is 0 Å². The van der Waals surface area contributed by atoms with Gasteiger partial charge in [-0.05, 0) is 31.1 Å². The van der Waals surface area contributed by atoms with Gasteiger partial charge in [0.1, 0.15) is 23.4 Å². The number of rotatable bonds is 7. The van der Waals surface area contributed by atoms with Gasteiger partial charge >= 0.3 is 11.9 Å². The van der Waals surface area contributed by atoms with Crippen molar-refractivity contribution in [1.82, 2.24) is 5.32 Å². The van der Waals surface area contributed by atoms with Gasteiger partial charge in [-0.2, -0.15) is 0 Å². The van der Waals surface area contributed by atoms with Gasteiger partial charge in [0.2, 0.25) is 5.91 Å². The Labute approximate surface area is 193 Å². The topological polar surface area (TPSA) is 133 Å². The molecular weight excluding hydrogens is 430 g/mol. The quantitative estimate of drug-likeness (QED) is 0.562. The second-order valence-electron chi connectivity index (χ2n) is 10.1. The molecule has 3 aliphatic carbocycles. The zero-order chi connectivity index (χ0) is 24.6. The Bertz CT molecular complexity index is 882. The van der Waals surface area contributed by atoms with Crippen molar-refractivity contribution >= 4 is 35.2 Å². The molecule has 9 heteroatoms. The molecule has 0 aliphatic heterocycles. The summed E-state index contributed by atoms with van der Waals surface area (Å²) in [6, 6.07) is -1.20. The number of fused-ring (bicyclic) bond motifs is 3. The average Bonchev–Trinajstić information content (AvgIpc) is 3.07. The van der Waals surface area contributed by atoms with Gasteiger partial charge in [-0.25, -0.2) is 4.79 Å². The maximum atomic E-state index is 13.3. The van der Waals surface area contributed by atoms with Crippen LogP contribution in [0.3, 0.4) is 0 Å². The predicted octanol–water partition coefficient (Wildman–Crippen LogP) is 1.55. The molecule has 0 radical (unpaired) electrons. The summed E-state index contributed by atoms with van der Waals surface area (Å²) in [4.78, 5) is 75.0. The van der Waals surface area contributed by atoms with E-state index in [1.165, 1.54) is 7.11 Å². The zero-order valence-corrected chi connectivity index (χ0v) is 19.7. The fourth-order valence-electron chi connectivity index (χ4n) is 6.43. The number of hydrogen-bond donors (Lipinski definition) is 1. The van der Waals surface area contributed by atoms with Crippen molar-refractivity contribution in [3.05, 3.63) is 0 Å². The largest absolute Gasteiger partial charge is 0.469 e. The van der Waals surface area contributed by atoms with E-state index in [-0.39, 0.29) is 54.9 Å². The molecule has 0 aromatic carbocycles. The monoisotopic (exact) mass is 463 g/mol. The fourth-order valence-corrected chi connectivity index (χ4v) is 6.43. The van der Waals surface area contributed by atoms with Gasteiger partial charge in [-0.15, -0.1) is 0 Å². The van der Waals surface area contributed by atoms with Gasteiger partial charge < -0.3 is 14.8 Å². The summed E-state index contributed by atoms with van der Waals surface area (Å²) in [6.45, 7) is 3.64. The highest BCUT2D eigenvalue weighted by Crippen LogP contribution is 2.60. The van der Waals surface area contributed by atoms with Gasteiger partial charge in [0.15, 0.2) is 0 Å². The van der Waals surface area contributed by atoms with Crippen LogP contribution in [-0.2, 0) is 38.2 Å². The number of amides is 1. The van der Waals surface area contributed by atoms with E-state index >= 15 is 0 Å². The minimum Gasteiger partial charge on any atom is -0.469 e. The first-order valence-corrected chi connectivity index (χ1v) is 11.5. The lowest BCUT2D eigenvalue weighted by molar-refractivity contribution is -0.160. The molecule has 9 nitrogen and oxygen atoms in total. The van der Waals surface area contributed by atoms with Crippen molar-refractivity contribution in [2.75, 3.05) is 14.2 Å². The lowest BCUT2D eigenvalue weighted by Crippen LogP contribution is -2.56. The van der Waals surface area contributed by atoms with Crippen LogP contribution in [0.2, 0.25) is 0 Å². The van der Waals surface area contributed by atoms with Crippen molar-refractivity contribution in [2.45, 2.75) is 71.3 Å². The van der Waals surface area contributed by atoms with Crippen LogP contribution in [0, 0.1) is 28.6 Å². The van der Waals surface area contributed by atoms with Gasteiger partial charge in [-0.3, -0.25) is 24.0 Å². The van der Waals surface area contributed by atoms with Gasteiger partial charge in [0, 0.05) is 42.4 Å². The lowest BCUT2D eigenvalue weighted by Gasteiger charge is -2.52. The third-order valence-electron chi connectivity index (χ3n) is 8.29. The SMILES string of the molecule is COC(=O)C[C@H](NC(=O)CC[C@@]1(C)C(=O)CC[C@@H]2[C@@H]1C(=O)C[C@]1(C)C(=O)CC[C@@H]21)C(=O)OC. The Morgan fingerprint density at radius 3 is 2.33 bits per heavy atom. The van der Waals surface area contributed by atoms with E-state index in [1.54, 1.807) is 6.92 Å². The van der Waals surface area contributed by atoms with Crippen LogP contribution in [0.5, 0.6) is 0 Å². The molecule has 3 aliphatic rings. The van der Waals surface area contributed by atoms with Crippen molar-refractivity contribution in [2.24, 2.45) is 28.6 Å². The number of methoxy groups -OCH3 is 2. The maximum absolute atomic E-state index is 13.3. The summed E-state index contributed by atoms with van der Waals surface area (Å²) in [7, 11) is 2.32. The van der Waals surface area contributed by atoms with Crippen molar-refractivity contribution in [3.8, 4) is 0 Å². The molecule has 3 saturated carbocycles. The predicted molar refractivity (Wildman–Crippen MR) is 115 cm³/mol. The van der Waals surface area contributed by atoms with Crippen molar-refractivity contribution in [3.63, 3.8) is 0 Å². The van der Waals surface area contributed by atoms with E-state index in [1.807, 2.05) is 6.92 Å². The lowest BCUT2D eigenvalue weighted by atomic mass is 9.48.